The summed E-state index contributed by atoms with van der Waals surface area (Å²) in [5.74, 6) is -1.14. The number of benzene rings is 1. The molecule has 0 spiro atoms. The normalized spacial score (nSPS) is 9.80. The van der Waals surface area contributed by atoms with Crippen LogP contribution < -0.4 is 5.32 Å². The number of nitrogens with one attached hydrogen (secondary N) is 1. The fourth-order valence-electron chi connectivity index (χ4n) is 0.992. The topological polar surface area (TPSA) is 66.4 Å². The number of hydrogen-bond donors (Lipinski definition) is 2. The van der Waals surface area contributed by atoms with Crippen LogP contribution in [0.2, 0.25) is 0 Å². The standard InChI is InChI=1S/C9H7I2NO3/c1-4(13)12-8-6(10)2-5(9(14)15)3-7(8)11/h2-3H,1H3,(H,12,13)(H,14,15). The highest BCUT2D eigenvalue weighted by molar-refractivity contribution is 14.1. The highest BCUT2D eigenvalue weighted by atomic mass is 127. The molecule has 0 fully saturated rings. The van der Waals surface area contributed by atoms with Crippen molar-refractivity contribution in [2.24, 2.45) is 0 Å². The molecule has 15 heavy (non-hydrogen) atoms. The maximum atomic E-state index is 10.9. The Bertz CT molecular complexity index is 408. The van der Waals surface area contributed by atoms with Crippen molar-refractivity contribution in [1.29, 1.82) is 0 Å². The van der Waals surface area contributed by atoms with E-state index >= 15 is 0 Å². The van der Waals surface area contributed by atoms with Crippen LogP contribution in [0.25, 0.3) is 0 Å². The van der Waals surface area contributed by atoms with Gasteiger partial charge in [-0.3, -0.25) is 4.79 Å². The van der Waals surface area contributed by atoms with E-state index in [1.807, 2.05) is 45.2 Å². The van der Waals surface area contributed by atoms with Crippen molar-refractivity contribution >= 4 is 62.7 Å². The van der Waals surface area contributed by atoms with E-state index in [-0.39, 0.29) is 11.5 Å². The summed E-state index contributed by atoms with van der Waals surface area (Å²) in [5.41, 5.74) is 0.881. The Hall–Kier alpha value is -0.380. The lowest BCUT2D eigenvalue weighted by Gasteiger charge is -2.08. The highest BCUT2D eigenvalue weighted by Crippen LogP contribution is 2.26. The summed E-state index contributed by atoms with van der Waals surface area (Å²) in [6.07, 6.45) is 0. The van der Waals surface area contributed by atoms with Gasteiger partial charge in [-0.2, -0.15) is 0 Å². The predicted octanol–water partition coefficient (Wildman–Crippen LogP) is 2.55. The summed E-state index contributed by atoms with van der Waals surface area (Å²) in [6, 6.07) is 3.05. The third kappa shape index (κ3) is 3.30. The second-order valence-electron chi connectivity index (χ2n) is 2.80. The summed E-state index contributed by atoms with van der Waals surface area (Å²) in [7, 11) is 0. The molecule has 0 unspecified atom stereocenters. The van der Waals surface area contributed by atoms with Crippen molar-refractivity contribution < 1.29 is 14.7 Å². The van der Waals surface area contributed by atoms with Gasteiger partial charge >= 0.3 is 5.97 Å². The second-order valence-corrected chi connectivity index (χ2v) is 5.13. The summed E-state index contributed by atoms with van der Waals surface area (Å²) >= 11 is 3.99. The van der Waals surface area contributed by atoms with Crippen molar-refractivity contribution in [1.82, 2.24) is 0 Å². The molecule has 0 atom stereocenters. The fraction of sp³-hybridized carbons (Fsp3) is 0.111. The van der Waals surface area contributed by atoms with Crippen LogP contribution >= 0.6 is 45.2 Å². The van der Waals surface area contributed by atoms with Crippen LogP contribution in [0.3, 0.4) is 0 Å². The number of carbonyl (C=O) groups is 2. The average Bonchev–Trinajstić information content (AvgIpc) is 2.10. The number of carboxylic acid groups (broad SMARTS) is 1. The smallest absolute Gasteiger partial charge is 0.335 e. The van der Waals surface area contributed by atoms with Gasteiger partial charge in [0.1, 0.15) is 0 Å². The van der Waals surface area contributed by atoms with E-state index < -0.39 is 5.97 Å². The number of halogens is 2. The molecule has 0 saturated carbocycles. The first-order chi connectivity index (χ1) is 6.91. The van der Waals surface area contributed by atoms with Gasteiger partial charge in [0.15, 0.2) is 0 Å². The van der Waals surface area contributed by atoms with E-state index in [1.165, 1.54) is 19.1 Å². The molecular formula is C9H7I2NO3. The van der Waals surface area contributed by atoms with Gasteiger partial charge in [0.05, 0.1) is 11.3 Å². The SMILES string of the molecule is CC(=O)Nc1c(I)cc(C(=O)O)cc1I. The van der Waals surface area contributed by atoms with E-state index in [9.17, 15) is 9.59 Å². The summed E-state index contributed by atoms with van der Waals surface area (Å²) in [5, 5.41) is 11.5. The second kappa shape index (κ2) is 5.10. The Labute approximate surface area is 114 Å². The molecule has 80 valence electrons. The molecule has 1 amide bonds. The first kappa shape index (κ1) is 12.7. The van der Waals surface area contributed by atoms with Crippen molar-refractivity contribution in [3.63, 3.8) is 0 Å². The van der Waals surface area contributed by atoms with Gasteiger partial charge in [-0.1, -0.05) is 0 Å². The molecule has 0 aromatic heterocycles. The van der Waals surface area contributed by atoms with Gasteiger partial charge in [0.25, 0.3) is 0 Å². The molecule has 1 aromatic rings. The molecule has 6 heteroatoms. The predicted molar refractivity (Wildman–Crippen MR) is 73.1 cm³/mol. The number of hydrogen-bond acceptors (Lipinski definition) is 2. The van der Waals surface area contributed by atoms with Crippen molar-refractivity contribution in [2.45, 2.75) is 6.92 Å². The van der Waals surface area contributed by atoms with Gasteiger partial charge in [-0.05, 0) is 57.3 Å². The largest absolute Gasteiger partial charge is 0.478 e. The van der Waals surface area contributed by atoms with Crippen LogP contribution in [-0.4, -0.2) is 17.0 Å². The van der Waals surface area contributed by atoms with E-state index in [0.29, 0.717) is 12.8 Å². The first-order valence-corrected chi connectivity index (χ1v) is 6.07. The van der Waals surface area contributed by atoms with Crippen molar-refractivity contribution in [3.05, 3.63) is 24.8 Å². The molecular weight excluding hydrogens is 424 g/mol. The third-order valence-corrected chi connectivity index (χ3v) is 3.29. The molecule has 0 heterocycles. The lowest BCUT2D eigenvalue weighted by Crippen LogP contribution is -2.10. The lowest BCUT2D eigenvalue weighted by molar-refractivity contribution is -0.114. The van der Waals surface area contributed by atoms with Gasteiger partial charge < -0.3 is 10.4 Å². The minimum absolute atomic E-state index is 0.172. The highest BCUT2D eigenvalue weighted by Gasteiger charge is 2.11. The summed E-state index contributed by atoms with van der Waals surface area (Å²) in [4.78, 5) is 21.6. The summed E-state index contributed by atoms with van der Waals surface area (Å²) in [6.45, 7) is 1.41. The van der Waals surface area contributed by atoms with E-state index in [4.69, 9.17) is 5.11 Å². The number of aromatic carboxylic acids is 1. The van der Waals surface area contributed by atoms with E-state index in [0.717, 1.165) is 0 Å². The summed E-state index contributed by atoms with van der Waals surface area (Å²) < 4.78 is 1.43. The van der Waals surface area contributed by atoms with Crippen LogP contribution in [0.5, 0.6) is 0 Å². The number of carbonyl (C=O) groups excluding carboxylic acids is 1. The third-order valence-electron chi connectivity index (χ3n) is 1.59. The lowest BCUT2D eigenvalue weighted by atomic mass is 10.2. The van der Waals surface area contributed by atoms with Crippen LogP contribution in [0, 0.1) is 7.14 Å². The van der Waals surface area contributed by atoms with Gasteiger partial charge in [-0.25, -0.2) is 4.79 Å². The fourth-order valence-corrected chi connectivity index (χ4v) is 3.03. The average molecular weight is 431 g/mol. The number of rotatable bonds is 2. The molecule has 0 saturated heterocycles. The Balaban J connectivity index is 3.21. The zero-order valence-electron chi connectivity index (χ0n) is 7.67. The van der Waals surface area contributed by atoms with Gasteiger partial charge in [0.2, 0.25) is 5.91 Å². The maximum Gasteiger partial charge on any atom is 0.335 e. The Morgan fingerprint density at radius 2 is 1.73 bits per heavy atom. The molecule has 0 radical (unpaired) electrons. The molecule has 0 aliphatic carbocycles. The molecule has 0 aliphatic rings. The van der Waals surface area contributed by atoms with Gasteiger partial charge in [0, 0.05) is 14.1 Å². The monoisotopic (exact) mass is 431 g/mol. The maximum absolute atomic E-state index is 10.9. The molecule has 4 nitrogen and oxygen atoms in total. The van der Waals surface area contributed by atoms with Gasteiger partial charge in [-0.15, -0.1) is 0 Å². The molecule has 0 bridgehead atoms. The van der Waals surface area contributed by atoms with E-state index in [2.05, 4.69) is 5.32 Å². The van der Waals surface area contributed by atoms with Crippen LogP contribution in [0.4, 0.5) is 5.69 Å². The van der Waals surface area contributed by atoms with Crippen molar-refractivity contribution in [2.75, 3.05) is 5.32 Å². The Morgan fingerprint density at radius 3 is 2.07 bits per heavy atom. The Morgan fingerprint density at radius 1 is 1.27 bits per heavy atom. The van der Waals surface area contributed by atoms with Crippen molar-refractivity contribution in [3.8, 4) is 0 Å². The number of amides is 1. The molecule has 1 aromatic carbocycles. The van der Waals surface area contributed by atoms with E-state index in [1.54, 1.807) is 0 Å². The number of anilines is 1. The minimum Gasteiger partial charge on any atom is -0.478 e. The minimum atomic E-state index is -0.972. The first-order valence-electron chi connectivity index (χ1n) is 3.91. The van der Waals surface area contributed by atoms with Crippen LogP contribution in [0.15, 0.2) is 12.1 Å². The zero-order chi connectivity index (χ0) is 11.6. The quantitative estimate of drug-likeness (QED) is 0.708. The molecule has 1 rings (SSSR count). The number of carboxylic acids is 1. The molecule has 0 aliphatic heterocycles. The van der Waals surface area contributed by atoms with Crippen LogP contribution in [0.1, 0.15) is 17.3 Å². The molecule has 2 N–H and O–H groups in total. The zero-order valence-corrected chi connectivity index (χ0v) is 12.0. The van der Waals surface area contributed by atoms with Crippen LogP contribution in [-0.2, 0) is 4.79 Å². The Kier molecular flexibility index (Phi) is 4.32.